The molecule has 1 heterocycles. The third-order valence-electron chi connectivity index (χ3n) is 4.66. The molecule has 0 aliphatic carbocycles. The largest absolute Gasteiger partial charge is 0.407 e. The van der Waals surface area contributed by atoms with Crippen LogP contribution in [0.4, 0.5) is 0 Å². The van der Waals surface area contributed by atoms with E-state index in [0.717, 1.165) is 19.4 Å². The van der Waals surface area contributed by atoms with Crippen LogP contribution < -0.4 is 0 Å². The van der Waals surface area contributed by atoms with Crippen molar-refractivity contribution in [2.75, 3.05) is 6.61 Å². The molecule has 0 N–H and O–H groups in total. The Labute approximate surface area is 124 Å². The van der Waals surface area contributed by atoms with Crippen LogP contribution in [0.15, 0.2) is 30.3 Å². The van der Waals surface area contributed by atoms with Crippen molar-refractivity contribution in [3.05, 3.63) is 35.9 Å². The second kappa shape index (κ2) is 6.00. The Morgan fingerprint density at radius 2 is 1.85 bits per heavy atom. The van der Waals surface area contributed by atoms with Gasteiger partial charge in [-0.1, -0.05) is 51.1 Å². The highest BCUT2D eigenvalue weighted by Gasteiger charge is 2.41. The van der Waals surface area contributed by atoms with E-state index in [-0.39, 0.29) is 17.2 Å². The number of benzene rings is 1. The van der Waals surface area contributed by atoms with Gasteiger partial charge in [-0.15, -0.1) is 0 Å². The molecule has 20 heavy (non-hydrogen) atoms. The zero-order valence-corrected chi connectivity index (χ0v) is 14.5. The van der Waals surface area contributed by atoms with Gasteiger partial charge in [-0.2, -0.15) is 0 Å². The van der Waals surface area contributed by atoms with Gasteiger partial charge in [0, 0.05) is 6.61 Å². The summed E-state index contributed by atoms with van der Waals surface area (Å²) in [6, 6.07) is 10.6. The second-order valence-electron chi connectivity index (χ2n) is 7.26. The number of hydrogen-bond acceptors (Lipinski definition) is 2. The molecule has 1 aromatic carbocycles. The van der Waals surface area contributed by atoms with Crippen LogP contribution in [0.5, 0.6) is 0 Å². The molecule has 2 rings (SSSR count). The first kappa shape index (κ1) is 15.7. The maximum atomic E-state index is 6.69. The van der Waals surface area contributed by atoms with Gasteiger partial charge >= 0.3 is 0 Å². The molecule has 0 saturated carbocycles. The SMILES string of the molecule is CC(C)(C)[Si](C)(C)O[C@H](c1ccccc1)[C@H]1CCCO1. The molecule has 0 spiro atoms. The molecule has 3 heteroatoms. The van der Waals surface area contributed by atoms with Gasteiger partial charge in [0.25, 0.3) is 0 Å². The Morgan fingerprint density at radius 3 is 2.35 bits per heavy atom. The van der Waals surface area contributed by atoms with Gasteiger partial charge in [0.15, 0.2) is 8.32 Å². The summed E-state index contributed by atoms with van der Waals surface area (Å²) < 4.78 is 12.6. The van der Waals surface area contributed by atoms with E-state index in [1.807, 2.05) is 0 Å². The third-order valence-corrected chi connectivity index (χ3v) is 9.11. The Hall–Kier alpha value is -0.643. The van der Waals surface area contributed by atoms with Crippen LogP contribution in [-0.4, -0.2) is 21.0 Å². The van der Waals surface area contributed by atoms with Gasteiger partial charge in [-0.3, -0.25) is 0 Å². The summed E-state index contributed by atoms with van der Waals surface area (Å²) in [5.74, 6) is 0. The number of rotatable bonds is 4. The van der Waals surface area contributed by atoms with Crippen molar-refractivity contribution in [1.29, 1.82) is 0 Å². The molecule has 0 aromatic heterocycles. The molecule has 1 aliphatic heterocycles. The number of ether oxygens (including phenoxy) is 1. The minimum atomic E-state index is -1.80. The quantitative estimate of drug-likeness (QED) is 0.733. The average molecular weight is 292 g/mol. The standard InChI is InChI=1S/C17H28O2Si/c1-17(2,3)20(4,5)19-16(15-12-9-13-18-15)14-10-7-6-8-11-14/h6-8,10-11,15-16H,9,12-13H2,1-5H3/t15-,16-/m1/s1. The van der Waals surface area contributed by atoms with Crippen molar-refractivity contribution < 1.29 is 9.16 Å². The van der Waals surface area contributed by atoms with Crippen molar-refractivity contribution in [3.63, 3.8) is 0 Å². The highest BCUT2D eigenvalue weighted by Crippen LogP contribution is 2.42. The van der Waals surface area contributed by atoms with E-state index in [9.17, 15) is 0 Å². The van der Waals surface area contributed by atoms with Crippen LogP contribution >= 0.6 is 0 Å². The van der Waals surface area contributed by atoms with Crippen LogP contribution in [-0.2, 0) is 9.16 Å². The summed E-state index contributed by atoms with van der Waals surface area (Å²) in [5, 5.41) is 0.221. The lowest BCUT2D eigenvalue weighted by Gasteiger charge is -2.40. The highest BCUT2D eigenvalue weighted by molar-refractivity contribution is 6.74. The van der Waals surface area contributed by atoms with Gasteiger partial charge in [0.2, 0.25) is 0 Å². The van der Waals surface area contributed by atoms with E-state index in [0.29, 0.717) is 0 Å². The topological polar surface area (TPSA) is 18.5 Å². The van der Waals surface area contributed by atoms with Gasteiger partial charge in [-0.05, 0) is 36.5 Å². The Morgan fingerprint density at radius 1 is 1.20 bits per heavy atom. The molecular formula is C17H28O2Si. The average Bonchev–Trinajstić information content (AvgIpc) is 2.89. The van der Waals surface area contributed by atoms with Gasteiger partial charge < -0.3 is 9.16 Å². The minimum Gasteiger partial charge on any atom is -0.407 e. The fourth-order valence-corrected chi connectivity index (χ4v) is 3.61. The minimum absolute atomic E-state index is 0.0830. The second-order valence-corrected chi connectivity index (χ2v) is 12.0. The van der Waals surface area contributed by atoms with E-state index in [1.54, 1.807) is 0 Å². The fraction of sp³-hybridized carbons (Fsp3) is 0.647. The molecule has 0 amide bonds. The first-order chi connectivity index (χ1) is 9.31. The molecule has 1 aliphatic rings. The smallest absolute Gasteiger partial charge is 0.193 e. The van der Waals surface area contributed by atoms with E-state index in [2.05, 4.69) is 64.2 Å². The monoisotopic (exact) mass is 292 g/mol. The lowest BCUT2D eigenvalue weighted by molar-refractivity contribution is 0.00425. The zero-order valence-electron chi connectivity index (χ0n) is 13.5. The normalized spacial score (nSPS) is 21.9. The predicted octanol–water partition coefficient (Wildman–Crippen LogP) is 4.93. The fourth-order valence-electron chi connectivity index (χ4n) is 2.34. The lowest BCUT2D eigenvalue weighted by atomic mass is 10.0. The summed E-state index contributed by atoms with van der Waals surface area (Å²) in [6.07, 6.45) is 2.55. The van der Waals surface area contributed by atoms with E-state index >= 15 is 0 Å². The van der Waals surface area contributed by atoms with E-state index < -0.39 is 8.32 Å². The van der Waals surface area contributed by atoms with Crippen LogP contribution in [0.1, 0.15) is 45.3 Å². The maximum Gasteiger partial charge on any atom is 0.193 e. The molecule has 1 aromatic rings. The Kier molecular flexibility index (Phi) is 4.72. The van der Waals surface area contributed by atoms with Crippen molar-refractivity contribution in [3.8, 4) is 0 Å². The zero-order chi connectivity index (χ0) is 14.8. The van der Waals surface area contributed by atoms with Crippen LogP contribution in [0.3, 0.4) is 0 Å². The van der Waals surface area contributed by atoms with E-state index in [1.165, 1.54) is 5.56 Å². The Balaban J connectivity index is 2.24. The molecule has 1 saturated heterocycles. The molecule has 0 radical (unpaired) electrons. The first-order valence-corrected chi connectivity index (χ1v) is 10.6. The van der Waals surface area contributed by atoms with Crippen molar-refractivity contribution >= 4 is 8.32 Å². The molecule has 2 atom stereocenters. The highest BCUT2D eigenvalue weighted by atomic mass is 28.4. The van der Waals surface area contributed by atoms with Crippen LogP contribution in [0.25, 0.3) is 0 Å². The molecule has 1 fully saturated rings. The summed E-state index contributed by atoms with van der Waals surface area (Å²) in [4.78, 5) is 0. The predicted molar refractivity (Wildman–Crippen MR) is 86.4 cm³/mol. The molecule has 0 unspecified atom stereocenters. The molecule has 0 bridgehead atoms. The van der Waals surface area contributed by atoms with Crippen molar-refractivity contribution in [2.24, 2.45) is 0 Å². The molecule has 2 nitrogen and oxygen atoms in total. The maximum absolute atomic E-state index is 6.69. The van der Waals surface area contributed by atoms with Crippen molar-refractivity contribution in [2.45, 2.75) is 64.0 Å². The van der Waals surface area contributed by atoms with E-state index in [4.69, 9.17) is 9.16 Å². The summed E-state index contributed by atoms with van der Waals surface area (Å²) in [5.41, 5.74) is 1.25. The van der Waals surface area contributed by atoms with Crippen molar-refractivity contribution in [1.82, 2.24) is 0 Å². The van der Waals surface area contributed by atoms with Crippen LogP contribution in [0, 0.1) is 0 Å². The summed E-state index contributed by atoms with van der Waals surface area (Å²) in [7, 11) is -1.80. The molecular weight excluding hydrogens is 264 g/mol. The third kappa shape index (κ3) is 3.51. The summed E-state index contributed by atoms with van der Waals surface area (Å²) >= 11 is 0. The summed E-state index contributed by atoms with van der Waals surface area (Å²) in [6.45, 7) is 12.4. The van der Waals surface area contributed by atoms with Gasteiger partial charge in [0.05, 0.1) is 12.2 Å². The first-order valence-electron chi connectivity index (χ1n) is 7.66. The van der Waals surface area contributed by atoms with Gasteiger partial charge in [0.1, 0.15) is 0 Å². The Bertz CT molecular complexity index is 416. The molecule has 112 valence electrons. The lowest BCUT2D eigenvalue weighted by Crippen LogP contribution is -2.43. The number of hydrogen-bond donors (Lipinski definition) is 0. The van der Waals surface area contributed by atoms with Crippen LogP contribution in [0.2, 0.25) is 18.1 Å². The van der Waals surface area contributed by atoms with Gasteiger partial charge in [-0.25, -0.2) is 0 Å².